The third-order valence-corrected chi connectivity index (χ3v) is 3.27. The highest BCUT2D eigenvalue weighted by molar-refractivity contribution is 5.87. The molecule has 1 aliphatic carbocycles. The number of hydrogen-bond donors (Lipinski definition) is 1. The van der Waals surface area contributed by atoms with E-state index in [1.807, 2.05) is 18.1 Å². The van der Waals surface area contributed by atoms with Gasteiger partial charge in [0.2, 0.25) is 5.91 Å². The Labute approximate surface area is 94.4 Å². The van der Waals surface area contributed by atoms with Gasteiger partial charge >= 0.3 is 0 Å². The fraction of sp³-hybridized carbons (Fsp3) is 0.636. The number of carbonyl (C=O) groups is 1. The van der Waals surface area contributed by atoms with Crippen LogP contribution in [0, 0.1) is 0 Å². The van der Waals surface area contributed by atoms with Gasteiger partial charge in [0.25, 0.3) is 0 Å². The second-order valence-electron chi connectivity index (χ2n) is 4.65. The third kappa shape index (κ3) is 1.66. The van der Waals surface area contributed by atoms with E-state index in [-0.39, 0.29) is 11.9 Å². The molecular formula is C11H16N4O. The number of nitrogens with one attached hydrogen (secondary N) is 1. The van der Waals surface area contributed by atoms with Gasteiger partial charge in [-0.2, -0.15) is 5.10 Å². The van der Waals surface area contributed by atoms with Crippen LogP contribution in [0.4, 0.5) is 5.69 Å². The fourth-order valence-electron chi connectivity index (χ4n) is 2.28. The van der Waals surface area contributed by atoms with Crippen molar-refractivity contribution >= 4 is 11.6 Å². The summed E-state index contributed by atoms with van der Waals surface area (Å²) in [6, 6.07) is 0.484. The molecule has 2 fully saturated rings. The van der Waals surface area contributed by atoms with Gasteiger partial charge in [-0.15, -0.1) is 0 Å². The highest BCUT2D eigenvalue weighted by Crippen LogP contribution is 2.31. The summed E-state index contributed by atoms with van der Waals surface area (Å²) < 4.78 is 1.74. The molecule has 16 heavy (non-hydrogen) atoms. The number of anilines is 1. The zero-order valence-corrected chi connectivity index (χ0v) is 9.39. The summed E-state index contributed by atoms with van der Waals surface area (Å²) in [6.45, 7) is 0.904. The van der Waals surface area contributed by atoms with Crippen LogP contribution in [-0.2, 0) is 11.8 Å². The van der Waals surface area contributed by atoms with Crippen molar-refractivity contribution in [3.63, 3.8) is 0 Å². The van der Waals surface area contributed by atoms with Crippen molar-refractivity contribution in [2.24, 2.45) is 7.05 Å². The van der Waals surface area contributed by atoms with Crippen LogP contribution >= 0.6 is 0 Å². The molecule has 2 heterocycles. The van der Waals surface area contributed by atoms with Crippen molar-refractivity contribution in [1.29, 1.82) is 0 Å². The zero-order valence-electron chi connectivity index (χ0n) is 9.39. The van der Waals surface area contributed by atoms with Crippen molar-refractivity contribution in [2.45, 2.75) is 31.3 Å². The Hall–Kier alpha value is -1.52. The monoisotopic (exact) mass is 220 g/mol. The first-order chi connectivity index (χ1) is 7.74. The Morgan fingerprint density at radius 2 is 2.25 bits per heavy atom. The maximum absolute atomic E-state index is 12.0. The molecule has 1 saturated carbocycles. The van der Waals surface area contributed by atoms with Crippen molar-refractivity contribution < 1.29 is 4.79 Å². The number of aryl methyl sites for hydroxylation is 1. The molecule has 1 atom stereocenters. The number of aromatic nitrogens is 2. The summed E-state index contributed by atoms with van der Waals surface area (Å²) in [6.07, 6.45) is 6.93. The van der Waals surface area contributed by atoms with Gasteiger partial charge in [-0.25, -0.2) is 0 Å². The molecule has 5 heteroatoms. The number of nitrogens with zero attached hydrogens (tertiary/aromatic N) is 3. The SMILES string of the molecule is Cn1cc(NC2CCN(C3CC3)C2=O)cn1. The molecular weight excluding hydrogens is 204 g/mol. The lowest BCUT2D eigenvalue weighted by atomic mass is 10.2. The smallest absolute Gasteiger partial charge is 0.245 e. The van der Waals surface area contributed by atoms with Gasteiger partial charge in [-0.3, -0.25) is 9.48 Å². The fourth-order valence-corrected chi connectivity index (χ4v) is 2.28. The lowest BCUT2D eigenvalue weighted by Crippen LogP contribution is -2.34. The molecule has 5 nitrogen and oxygen atoms in total. The first-order valence-corrected chi connectivity index (χ1v) is 5.80. The van der Waals surface area contributed by atoms with Crippen LogP contribution in [0.1, 0.15) is 19.3 Å². The number of rotatable bonds is 3. The van der Waals surface area contributed by atoms with Gasteiger partial charge in [0.05, 0.1) is 11.9 Å². The Kier molecular flexibility index (Phi) is 2.12. The zero-order chi connectivity index (χ0) is 11.1. The van der Waals surface area contributed by atoms with Crippen LogP contribution in [0.5, 0.6) is 0 Å². The topological polar surface area (TPSA) is 50.2 Å². The van der Waals surface area contributed by atoms with E-state index in [1.54, 1.807) is 10.9 Å². The summed E-state index contributed by atoms with van der Waals surface area (Å²) in [5.74, 6) is 0.256. The maximum Gasteiger partial charge on any atom is 0.245 e. The molecule has 0 spiro atoms. The van der Waals surface area contributed by atoms with Gasteiger partial charge in [-0.05, 0) is 19.3 Å². The number of carbonyl (C=O) groups excluding carboxylic acids is 1. The predicted octanol–water partition coefficient (Wildman–Crippen LogP) is 0.595. The van der Waals surface area contributed by atoms with Crippen molar-refractivity contribution in [3.8, 4) is 0 Å². The minimum Gasteiger partial charge on any atom is -0.371 e. The third-order valence-electron chi connectivity index (χ3n) is 3.27. The molecule has 1 saturated heterocycles. The first-order valence-electron chi connectivity index (χ1n) is 5.80. The minimum absolute atomic E-state index is 0.0511. The standard InChI is InChI=1S/C11H16N4O/c1-14-7-8(6-12-14)13-10-4-5-15(11(10)16)9-2-3-9/h6-7,9-10,13H,2-5H2,1H3. The van der Waals surface area contributed by atoms with E-state index in [1.165, 1.54) is 12.8 Å². The molecule has 1 unspecified atom stereocenters. The molecule has 0 bridgehead atoms. The van der Waals surface area contributed by atoms with E-state index in [2.05, 4.69) is 10.4 Å². The molecule has 0 aromatic carbocycles. The lowest BCUT2D eigenvalue weighted by molar-refractivity contribution is -0.128. The summed E-state index contributed by atoms with van der Waals surface area (Å²) in [5, 5.41) is 7.33. The molecule has 3 rings (SSSR count). The Balaban J connectivity index is 1.65. The van der Waals surface area contributed by atoms with E-state index in [0.29, 0.717) is 6.04 Å². The molecule has 1 aliphatic heterocycles. The number of amides is 1. The van der Waals surface area contributed by atoms with E-state index in [9.17, 15) is 4.79 Å². The molecule has 86 valence electrons. The van der Waals surface area contributed by atoms with Crippen molar-refractivity contribution in [3.05, 3.63) is 12.4 Å². The average Bonchev–Trinajstić information content (AvgIpc) is 2.93. The Morgan fingerprint density at radius 3 is 2.88 bits per heavy atom. The van der Waals surface area contributed by atoms with Gasteiger partial charge in [0.15, 0.2) is 0 Å². The highest BCUT2D eigenvalue weighted by Gasteiger charge is 2.40. The lowest BCUT2D eigenvalue weighted by Gasteiger charge is -2.15. The molecule has 1 aromatic rings. The molecule has 1 N–H and O–H groups in total. The summed E-state index contributed by atoms with van der Waals surface area (Å²) in [5.41, 5.74) is 0.929. The van der Waals surface area contributed by atoms with Crippen LogP contribution < -0.4 is 5.32 Å². The maximum atomic E-state index is 12.0. The quantitative estimate of drug-likeness (QED) is 0.811. The highest BCUT2D eigenvalue weighted by atomic mass is 16.2. The minimum atomic E-state index is -0.0511. The summed E-state index contributed by atoms with van der Waals surface area (Å²) in [7, 11) is 1.87. The van der Waals surface area contributed by atoms with Gasteiger partial charge in [-0.1, -0.05) is 0 Å². The molecule has 0 radical (unpaired) electrons. The summed E-state index contributed by atoms with van der Waals surface area (Å²) in [4.78, 5) is 14.1. The van der Waals surface area contributed by atoms with Gasteiger partial charge in [0, 0.05) is 25.8 Å². The Bertz CT molecular complexity index is 410. The summed E-state index contributed by atoms with van der Waals surface area (Å²) >= 11 is 0. The van der Waals surface area contributed by atoms with E-state index < -0.39 is 0 Å². The van der Waals surface area contributed by atoms with Crippen molar-refractivity contribution in [2.75, 3.05) is 11.9 Å². The molecule has 1 amide bonds. The largest absolute Gasteiger partial charge is 0.371 e. The Morgan fingerprint density at radius 1 is 1.44 bits per heavy atom. The normalized spacial score (nSPS) is 25.2. The van der Waals surface area contributed by atoms with E-state index in [4.69, 9.17) is 0 Å². The van der Waals surface area contributed by atoms with Crippen LogP contribution in [0.25, 0.3) is 0 Å². The van der Waals surface area contributed by atoms with Crippen molar-refractivity contribution in [1.82, 2.24) is 14.7 Å². The van der Waals surface area contributed by atoms with Crippen LogP contribution in [0.15, 0.2) is 12.4 Å². The van der Waals surface area contributed by atoms with Crippen LogP contribution in [0.2, 0.25) is 0 Å². The second kappa shape index (κ2) is 3.50. The molecule has 1 aromatic heterocycles. The predicted molar refractivity (Wildman–Crippen MR) is 60.0 cm³/mol. The number of likely N-dealkylation sites (tertiary alicyclic amines) is 1. The molecule has 2 aliphatic rings. The average molecular weight is 220 g/mol. The first kappa shape index (κ1) is 9.69. The number of hydrogen-bond acceptors (Lipinski definition) is 3. The van der Waals surface area contributed by atoms with E-state index in [0.717, 1.165) is 18.7 Å². The van der Waals surface area contributed by atoms with Crippen LogP contribution in [-0.4, -0.2) is 39.2 Å². The van der Waals surface area contributed by atoms with E-state index >= 15 is 0 Å². The van der Waals surface area contributed by atoms with Gasteiger partial charge < -0.3 is 10.2 Å². The van der Waals surface area contributed by atoms with Crippen LogP contribution in [0.3, 0.4) is 0 Å². The van der Waals surface area contributed by atoms with Gasteiger partial charge in [0.1, 0.15) is 6.04 Å². The second-order valence-corrected chi connectivity index (χ2v) is 4.65.